The Hall–Kier alpha value is -2.12. The molecule has 0 aromatic heterocycles. The van der Waals surface area contributed by atoms with Crippen molar-refractivity contribution in [2.75, 3.05) is 0 Å². The highest BCUT2D eigenvalue weighted by molar-refractivity contribution is 6.34. The molecule has 0 saturated carbocycles. The molecule has 0 atom stereocenters. The van der Waals surface area contributed by atoms with Crippen LogP contribution in [0.2, 0.25) is 10.0 Å². The van der Waals surface area contributed by atoms with Gasteiger partial charge in [0.25, 0.3) is 11.8 Å². The largest absolute Gasteiger partial charge is 0.290 e. The lowest BCUT2D eigenvalue weighted by Gasteiger charge is -1.99. The Labute approximate surface area is 137 Å². The molecular formula is C14H14Cl2N4O2. The third kappa shape index (κ3) is 5.01. The van der Waals surface area contributed by atoms with Crippen LogP contribution in [-0.2, 0) is 0 Å². The number of hydrogen-bond donors (Lipinski definition) is 4. The lowest BCUT2D eigenvalue weighted by atomic mass is 10.2. The molecule has 116 valence electrons. The number of nitrogen functional groups attached to an aromatic ring is 2. The molecular weight excluding hydrogens is 327 g/mol. The van der Waals surface area contributed by atoms with Gasteiger partial charge in [-0.1, -0.05) is 47.5 Å². The van der Waals surface area contributed by atoms with Crippen molar-refractivity contribution in [3.63, 3.8) is 0 Å². The highest BCUT2D eigenvalue weighted by Gasteiger charge is 2.06. The summed E-state index contributed by atoms with van der Waals surface area (Å²) in [7, 11) is 0. The van der Waals surface area contributed by atoms with E-state index in [9.17, 15) is 9.59 Å². The molecule has 2 aromatic carbocycles. The second-order valence-corrected chi connectivity index (χ2v) is 4.72. The summed E-state index contributed by atoms with van der Waals surface area (Å²) in [5.41, 5.74) is 4.77. The normalized spacial score (nSPS) is 9.27. The number of carbonyl (C=O) groups is 2. The van der Waals surface area contributed by atoms with Crippen LogP contribution in [0.5, 0.6) is 0 Å². The minimum Gasteiger partial charge on any atom is -0.290 e. The molecule has 6 nitrogen and oxygen atoms in total. The van der Waals surface area contributed by atoms with E-state index >= 15 is 0 Å². The summed E-state index contributed by atoms with van der Waals surface area (Å²) >= 11 is 11.4. The van der Waals surface area contributed by atoms with Crippen LogP contribution in [0.25, 0.3) is 0 Å². The summed E-state index contributed by atoms with van der Waals surface area (Å²) in [6, 6.07) is 13.4. The van der Waals surface area contributed by atoms with Gasteiger partial charge in [0.15, 0.2) is 0 Å². The van der Waals surface area contributed by atoms with Crippen LogP contribution in [0.1, 0.15) is 20.7 Å². The fourth-order valence-corrected chi connectivity index (χ4v) is 1.89. The molecule has 0 spiro atoms. The summed E-state index contributed by atoms with van der Waals surface area (Å²) in [4.78, 5) is 21.8. The third-order valence-corrected chi connectivity index (χ3v) is 3.16. The van der Waals surface area contributed by atoms with Crippen LogP contribution in [-0.4, -0.2) is 11.8 Å². The Bertz CT molecular complexity index is 607. The molecule has 0 aliphatic heterocycles. The third-order valence-electron chi connectivity index (χ3n) is 2.50. The van der Waals surface area contributed by atoms with E-state index in [0.29, 0.717) is 21.2 Å². The molecule has 0 unspecified atom stereocenters. The van der Waals surface area contributed by atoms with E-state index in [0.717, 1.165) is 0 Å². The van der Waals surface area contributed by atoms with Crippen LogP contribution < -0.4 is 22.5 Å². The van der Waals surface area contributed by atoms with Gasteiger partial charge in [-0.3, -0.25) is 20.4 Å². The van der Waals surface area contributed by atoms with E-state index < -0.39 is 0 Å². The highest BCUT2D eigenvalue weighted by atomic mass is 35.5. The zero-order chi connectivity index (χ0) is 16.5. The average molecular weight is 341 g/mol. The van der Waals surface area contributed by atoms with Crippen molar-refractivity contribution in [3.05, 3.63) is 69.7 Å². The summed E-state index contributed by atoms with van der Waals surface area (Å²) in [5, 5.41) is 0.797. The Balaban J connectivity index is 0.000000220. The number of nitrogens with one attached hydrogen (secondary N) is 2. The molecule has 2 rings (SSSR count). The Morgan fingerprint density at radius 2 is 1.05 bits per heavy atom. The van der Waals surface area contributed by atoms with Crippen molar-refractivity contribution < 1.29 is 9.59 Å². The molecule has 2 amide bonds. The Kier molecular flexibility index (Phi) is 7.34. The minimum absolute atomic E-state index is 0.379. The fourth-order valence-electron chi connectivity index (χ4n) is 1.45. The number of amides is 2. The van der Waals surface area contributed by atoms with Gasteiger partial charge in [-0.2, -0.15) is 0 Å². The van der Waals surface area contributed by atoms with Crippen LogP contribution in [0.15, 0.2) is 48.5 Å². The van der Waals surface area contributed by atoms with Gasteiger partial charge in [0.1, 0.15) is 0 Å². The molecule has 0 aliphatic rings. The smallest absolute Gasteiger partial charge is 0.266 e. The van der Waals surface area contributed by atoms with Crippen molar-refractivity contribution in [2.24, 2.45) is 11.7 Å². The number of rotatable bonds is 2. The molecule has 2 aromatic rings. The molecule has 0 saturated heterocycles. The number of benzene rings is 2. The summed E-state index contributed by atoms with van der Waals surface area (Å²) in [6.07, 6.45) is 0. The Morgan fingerprint density at radius 3 is 1.32 bits per heavy atom. The SMILES string of the molecule is NNC(=O)c1ccccc1Cl.NNC(=O)c1ccccc1Cl. The fraction of sp³-hybridized carbons (Fsp3) is 0. The minimum atomic E-state index is -0.379. The van der Waals surface area contributed by atoms with Gasteiger partial charge in [-0.05, 0) is 24.3 Å². The number of hydrogen-bond acceptors (Lipinski definition) is 4. The number of nitrogens with two attached hydrogens (primary N) is 2. The van der Waals surface area contributed by atoms with Crippen molar-refractivity contribution in [1.82, 2.24) is 10.9 Å². The van der Waals surface area contributed by atoms with E-state index in [2.05, 4.69) is 0 Å². The summed E-state index contributed by atoms with van der Waals surface area (Å²) in [6.45, 7) is 0. The van der Waals surface area contributed by atoms with Crippen molar-refractivity contribution in [3.8, 4) is 0 Å². The number of carbonyl (C=O) groups excluding carboxylic acids is 2. The van der Waals surface area contributed by atoms with E-state index in [1.54, 1.807) is 48.5 Å². The molecule has 0 radical (unpaired) electrons. The second kappa shape index (κ2) is 9.01. The molecule has 6 N–H and O–H groups in total. The van der Waals surface area contributed by atoms with Crippen LogP contribution in [0.4, 0.5) is 0 Å². The quantitative estimate of drug-likeness (QED) is 0.380. The van der Waals surface area contributed by atoms with Crippen LogP contribution in [0, 0.1) is 0 Å². The highest BCUT2D eigenvalue weighted by Crippen LogP contribution is 2.14. The van der Waals surface area contributed by atoms with Gasteiger partial charge < -0.3 is 0 Å². The molecule has 0 bridgehead atoms. The average Bonchev–Trinajstić information content (AvgIpc) is 2.55. The van der Waals surface area contributed by atoms with Gasteiger partial charge in [-0.25, -0.2) is 11.7 Å². The predicted octanol–water partition coefficient (Wildman–Crippen LogP) is 1.89. The molecule has 0 aliphatic carbocycles. The summed E-state index contributed by atoms with van der Waals surface area (Å²) < 4.78 is 0. The lowest BCUT2D eigenvalue weighted by Crippen LogP contribution is -2.30. The first kappa shape index (κ1) is 17.9. The van der Waals surface area contributed by atoms with Gasteiger partial charge >= 0.3 is 0 Å². The zero-order valence-corrected chi connectivity index (χ0v) is 12.9. The Morgan fingerprint density at radius 1 is 0.727 bits per heavy atom. The second-order valence-electron chi connectivity index (χ2n) is 3.91. The predicted molar refractivity (Wildman–Crippen MR) is 86.2 cm³/mol. The van der Waals surface area contributed by atoms with Crippen LogP contribution in [0.3, 0.4) is 0 Å². The van der Waals surface area contributed by atoms with Crippen LogP contribution >= 0.6 is 23.2 Å². The van der Waals surface area contributed by atoms with E-state index in [1.165, 1.54) is 0 Å². The zero-order valence-electron chi connectivity index (χ0n) is 11.3. The first-order valence-corrected chi connectivity index (χ1v) is 6.77. The van der Waals surface area contributed by atoms with Gasteiger partial charge in [0.05, 0.1) is 21.2 Å². The summed E-state index contributed by atoms with van der Waals surface area (Å²) in [5.74, 6) is 9.07. The van der Waals surface area contributed by atoms with Gasteiger partial charge in [-0.15, -0.1) is 0 Å². The number of hydrazine groups is 2. The monoisotopic (exact) mass is 340 g/mol. The van der Waals surface area contributed by atoms with Crippen molar-refractivity contribution >= 4 is 35.0 Å². The molecule has 0 heterocycles. The maximum atomic E-state index is 10.9. The molecule has 8 heteroatoms. The van der Waals surface area contributed by atoms with Gasteiger partial charge in [0.2, 0.25) is 0 Å². The standard InChI is InChI=1S/2C7H7ClN2O/c2*8-6-4-2-1-3-5(6)7(11)10-9/h2*1-4H,9H2,(H,10,11). The topological polar surface area (TPSA) is 110 Å². The lowest BCUT2D eigenvalue weighted by molar-refractivity contribution is 0.0946. The first-order valence-electron chi connectivity index (χ1n) is 6.02. The number of halogens is 2. The van der Waals surface area contributed by atoms with E-state index in [-0.39, 0.29) is 11.8 Å². The molecule has 0 fully saturated rings. The van der Waals surface area contributed by atoms with Crippen molar-refractivity contribution in [1.29, 1.82) is 0 Å². The maximum Gasteiger partial charge on any atom is 0.266 e. The van der Waals surface area contributed by atoms with Gasteiger partial charge in [0, 0.05) is 0 Å². The van der Waals surface area contributed by atoms with Crippen molar-refractivity contribution in [2.45, 2.75) is 0 Å². The first-order chi connectivity index (χ1) is 10.5. The van der Waals surface area contributed by atoms with E-state index in [4.69, 9.17) is 34.9 Å². The molecule has 22 heavy (non-hydrogen) atoms. The maximum absolute atomic E-state index is 10.9. The van der Waals surface area contributed by atoms with E-state index in [1.807, 2.05) is 10.9 Å².